The Kier molecular flexibility index (Phi) is 5.70. The number of nitrogens with zero attached hydrogens (tertiary/aromatic N) is 2. The van der Waals surface area contributed by atoms with Crippen LogP contribution in [0, 0.1) is 0 Å². The molecule has 0 aliphatic carbocycles. The highest BCUT2D eigenvalue weighted by Gasteiger charge is 2.39. The summed E-state index contributed by atoms with van der Waals surface area (Å²) in [4.78, 5) is 20.8. The third kappa shape index (κ3) is 4.27. The van der Waals surface area contributed by atoms with E-state index in [2.05, 4.69) is 15.3 Å². The number of carbonyl (C=O) groups is 1. The zero-order chi connectivity index (χ0) is 22.8. The van der Waals surface area contributed by atoms with E-state index in [-0.39, 0.29) is 10.8 Å². The Morgan fingerprint density at radius 1 is 1.03 bits per heavy atom. The largest absolute Gasteiger partial charge is 0.351 e. The van der Waals surface area contributed by atoms with Crippen molar-refractivity contribution in [3.8, 4) is 11.4 Å². The summed E-state index contributed by atoms with van der Waals surface area (Å²) in [5.74, 6) is 0.411. The number of hydrogen-bond acceptors (Lipinski definition) is 4. The Bertz CT molecular complexity index is 1390. The van der Waals surface area contributed by atoms with Crippen molar-refractivity contribution in [2.75, 3.05) is 6.54 Å². The normalized spacial score (nSPS) is 16.8. The van der Waals surface area contributed by atoms with E-state index in [0.717, 1.165) is 11.1 Å². The molecule has 1 atom stereocenters. The van der Waals surface area contributed by atoms with Crippen molar-refractivity contribution in [1.82, 2.24) is 19.6 Å². The number of aromatic amines is 1. The Balaban J connectivity index is 1.38. The molecule has 0 bridgehead atoms. The average molecular weight is 461 g/mol. The molecule has 0 radical (unpaired) electrons. The molecule has 3 aromatic carbocycles. The second-order valence-corrected chi connectivity index (χ2v) is 10.00. The lowest BCUT2D eigenvalue weighted by atomic mass is 10.2. The van der Waals surface area contributed by atoms with Gasteiger partial charge in [0.25, 0.3) is 0 Å². The van der Waals surface area contributed by atoms with E-state index in [9.17, 15) is 13.2 Å². The smallest absolute Gasteiger partial charge is 0.243 e. The average Bonchev–Trinajstić information content (AvgIpc) is 3.51. The molecule has 1 amide bonds. The van der Waals surface area contributed by atoms with Gasteiger partial charge < -0.3 is 10.3 Å². The minimum Gasteiger partial charge on any atom is -0.351 e. The van der Waals surface area contributed by atoms with E-state index in [1.807, 2.05) is 60.7 Å². The molecule has 1 aromatic heterocycles. The van der Waals surface area contributed by atoms with Crippen LogP contribution in [0.15, 0.2) is 83.8 Å². The monoisotopic (exact) mass is 460 g/mol. The second-order valence-electron chi connectivity index (χ2n) is 8.11. The molecule has 4 aromatic rings. The number of sulfonamides is 1. The lowest BCUT2D eigenvalue weighted by Crippen LogP contribution is -2.45. The number of benzene rings is 3. The molecular formula is C25H24N4O3S. The highest BCUT2D eigenvalue weighted by Crippen LogP contribution is 2.29. The van der Waals surface area contributed by atoms with Crippen molar-refractivity contribution in [3.05, 3.63) is 84.4 Å². The maximum absolute atomic E-state index is 13.5. The van der Waals surface area contributed by atoms with Crippen LogP contribution in [0.25, 0.3) is 22.4 Å². The lowest BCUT2D eigenvalue weighted by molar-refractivity contribution is -0.124. The van der Waals surface area contributed by atoms with Crippen LogP contribution < -0.4 is 5.32 Å². The van der Waals surface area contributed by atoms with E-state index < -0.39 is 16.1 Å². The molecule has 0 unspecified atom stereocenters. The zero-order valence-corrected chi connectivity index (χ0v) is 18.8. The third-order valence-electron chi connectivity index (χ3n) is 5.92. The van der Waals surface area contributed by atoms with Crippen LogP contribution in [0.1, 0.15) is 18.4 Å². The fourth-order valence-corrected chi connectivity index (χ4v) is 5.89. The molecule has 33 heavy (non-hydrogen) atoms. The van der Waals surface area contributed by atoms with Crippen LogP contribution >= 0.6 is 0 Å². The topological polar surface area (TPSA) is 95.2 Å². The van der Waals surface area contributed by atoms with Crippen molar-refractivity contribution < 1.29 is 13.2 Å². The minimum absolute atomic E-state index is 0.154. The van der Waals surface area contributed by atoms with Gasteiger partial charge in [0.2, 0.25) is 15.9 Å². The fraction of sp³-hybridized carbons (Fsp3) is 0.200. The van der Waals surface area contributed by atoms with Crippen LogP contribution in [-0.4, -0.2) is 41.2 Å². The summed E-state index contributed by atoms with van der Waals surface area (Å²) in [5, 5.41) is 2.88. The van der Waals surface area contributed by atoms with Gasteiger partial charge in [-0.05, 0) is 36.6 Å². The lowest BCUT2D eigenvalue weighted by Gasteiger charge is -2.23. The van der Waals surface area contributed by atoms with Crippen LogP contribution in [0.5, 0.6) is 0 Å². The van der Waals surface area contributed by atoms with Crippen LogP contribution in [0.4, 0.5) is 0 Å². The van der Waals surface area contributed by atoms with Gasteiger partial charge in [-0.2, -0.15) is 4.31 Å². The predicted molar refractivity (Wildman–Crippen MR) is 127 cm³/mol. The van der Waals surface area contributed by atoms with Crippen molar-refractivity contribution >= 4 is 27.0 Å². The molecule has 2 N–H and O–H groups in total. The summed E-state index contributed by atoms with van der Waals surface area (Å²) in [7, 11) is -3.84. The third-order valence-corrected chi connectivity index (χ3v) is 7.83. The highest BCUT2D eigenvalue weighted by molar-refractivity contribution is 7.89. The zero-order valence-electron chi connectivity index (χ0n) is 17.9. The number of carbonyl (C=O) groups excluding carboxylic acids is 1. The number of rotatable bonds is 6. The number of fused-ring (bicyclic) bond motifs is 1. The molecule has 8 heteroatoms. The number of nitrogens with one attached hydrogen (secondary N) is 2. The molecule has 168 valence electrons. The molecule has 1 aliphatic rings. The first kappa shape index (κ1) is 21.4. The van der Waals surface area contributed by atoms with Gasteiger partial charge in [-0.3, -0.25) is 4.79 Å². The van der Waals surface area contributed by atoms with E-state index >= 15 is 0 Å². The highest BCUT2D eigenvalue weighted by atomic mass is 32.2. The van der Waals surface area contributed by atoms with Crippen LogP contribution in [-0.2, 0) is 21.4 Å². The Morgan fingerprint density at radius 3 is 2.52 bits per heavy atom. The number of amides is 1. The molecule has 1 fully saturated rings. The van der Waals surface area contributed by atoms with Gasteiger partial charge in [-0.1, -0.05) is 60.7 Å². The van der Waals surface area contributed by atoms with E-state index in [1.54, 1.807) is 18.2 Å². The van der Waals surface area contributed by atoms with Crippen molar-refractivity contribution in [1.29, 1.82) is 0 Å². The van der Waals surface area contributed by atoms with Gasteiger partial charge in [0.1, 0.15) is 11.9 Å². The summed E-state index contributed by atoms with van der Waals surface area (Å²) in [6.45, 7) is 0.689. The van der Waals surface area contributed by atoms with Crippen molar-refractivity contribution in [2.24, 2.45) is 0 Å². The molecule has 1 saturated heterocycles. The van der Waals surface area contributed by atoms with Crippen LogP contribution in [0.3, 0.4) is 0 Å². The fourth-order valence-electron chi connectivity index (χ4n) is 4.21. The molecule has 0 saturated carbocycles. The van der Waals surface area contributed by atoms with E-state index in [1.165, 1.54) is 4.31 Å². The number of imidazole rings is 1. The van der Waals surface area contributed by atoms with E-state index in [4.69, 9.17) is 0 Å². The summed E-state index contributed by atoms with van der Waals surface area (Å²) < 4.78 is 28.2. The predicted octanol–water partition coefficient (Wildman–Crippen LogP) is 3.70. The van der Waals surface area contributed by atoms with Gasteiger partial charge in [-0.15, -0.1) is 0 Å². The number of H-pyrrole nitrogens is 1. The van der Waals surface area contributed by atoms with Gasteiger partial charge in [-0.25, -0.2) is 13.4 Å². The van der Waals surface area contributed by atoms with Gasteiger partial charge in [0.15, 0.2) is 0 Å². The minimum atomic E-state index is -3.84. The summed E-state index contributed by atoms with van der Waals surface area (Å²) in [6.07, 6.45) is 1.15. The summed E-state index contributed by atoms with van der Waals surface area (Å²) in [6, 6.07) is 23.4. The molecule has 0 spiro atoms. The first-order valence-corrected chi connectivity index (χ1v) is 12.3. The maximum Gasteiger partial charge on any atom is 0.243 e. The standard InChI is InChI=1S/C25H24N4O3S/c30-25(26-17-18-8-3-1-4-9-18)23-12-7-15-29(23)33(31,32)20-13-14-21-22(16-20)28-24(27-21)19-10-5-2-6-11-19/h1-6,8-11,13-14,16,23H,7,12,15,17H2,(H,26,30)(H,27,28)/t23-/m1/s1. The van der Waals surface area contributed by atoms with Gasteiger partial charge in [0, 0.05) is 18.7 Å². The van der Waals surface area contributed by atoms with Gasteiger partial charge >= 0.3 is 0 Å². The summed E-state index contributed by atoms with van der Waals surface area (Å²) in [5.41, 5.74) is 3.22. The summed E-state index contributed by atoms with van der Waals surface area (Å²) >= 11 is 0. The molecular weight excluding hydrogens is 436 g/mol. The first-order chi connectivity index (χ1) is 16.0. The second kappa shape index (κ2) is 8.80. The Morgan fingerprint density at radius 2 is 1.76 bits per heavy atom. The Hall–Kier alpha value is -3.49. The SMILES string of the molecule is O=C(NCc1ccccc1)[C@H]1CCCN1S(=O)(=O)c1ccc2nc(-c3ccccc3)[nH]c2c1. The van der Waals surface area contributed by atoms with Crippen molar-refractivity contribution in [2.45, 2.75) is 30.3 Å². The Labute approximate surface area is 192 Å². The maximum atomic E-state index is 13.5. The van der Waals surface area contributed by atoms with E-state index in [0.29, 0.717) is 42.8 Å². The number of hydrogen-bond donors (Lipinski definition) is 2. The first-order valence-electron chi connectivity index (χ1n) is 10.9. The van der Waals surface area contributed by atoms with Gasteiger partial charge in [0.05, 0.1) is 15.9 Å². The molecule has 2 heterocycles. The quantitative estimate of drug-likeness (QED) is 0.459. The van der Waals surface area contributed by atoms with Crippen molar-refractivity contribution in [3.63, 3.8) is 0 Å². The molecule has 1 aliphatic heterocycles. The molecule has 7 nitrogen and oxygen atoms in total. The number of aromatic nitrogens is 2. The van der Waals surface area contributed by atoms with Crippen LogP contribution in [0.2, 0.25) is 0 Å². The molecule has 5 rings (SSSR count).